The second kappa shape index (κ2) is 8.09. The van der Waals surface area contributed by atoms with Crippen LogP contribution < -0.4 is 0 Å². The van der Waals surface area contributed by atoms with Gasteiger partial charge in [0, 0.05) is 12.6 Å². The Balaban J connectivity index is 1.86. The molecule has 1 fully saturated rings. The van der Waals surface area contributed by atoms with Crippen LogP contribution in [-0.4, -0.2) is 40.5 Å². The van der Waals surface area contributed by atoms with Crippen LogP contribution in [-0.2, 0) is 9.53 Å². The molecule has 2 heterocycles. The third-order valence-electron chi connectivity index (χ3n) is 3.78. The number of hydrogen-bond donors (Lipinski definition) is 0. The standard InChI is InChI=1S/C18H15N3O6S/c1-3-20-16(22)14(10-13-8-9-15(27-13)21(24)25)28-18(20)19-12-6-4-11(5-7-12)17(23)26-2/h4-10H,3H2,1-2H3/b14-10+,19-18?. The average Bonchev–Trinajstić information content (AvgIpc) is 3.27. The second-order valence-electron chi connectivity index (χ2n) is 5.53. The summed E-state index contributed by atoms with van der Waals surface area (Å²) >= 11 is 1.14. The van der Waals surface area contributed by atoms with Crippen molar-refractivity contribution in [3.63, 3.8) is 0 Å². The molecule has 144 valence electrons. The number of carbonyl (C=O) groups excluding carboxylic acids is 2. The Labute approximate surface area is 163 Å². The summed E-state index contributed by atoms with van der Waals surface area (Å²) in [5.74, 6) is -0.898. The summed E-state index contributed by atoms with van der Waals surface area (Å²) < 4.78 is 9.74. The lowest BCUT2D eigenvalue weighted by molar-refractivity contribution is -0.402. The summed E-state index contributed by atoms with van der Waals surface area (Å²) in [5, 5.41) is 11.2. The number of aliphatic imine (C=N–C) groups is 1. The molecular formula is C18H15N3O6S. The van der Waals surface area contributed by atoms with Crippen molar-refractivity contribution >= 4 is 46.5 Å². The highest BCUT2D eigenvalue weighted by molar-refractivity contribution is 8.18. The van der Waals surface area contributed by atoms with Crippen LogP contribution in [0, 0.1) is 10.1 Å². The molecule has 1 saturated heterocycles. The maximum absolute atomic E-state index is 12.6. The van der Waals surface area contributed by atoms with Crippen molar-refractivity contribution in [1.29, 1.82) is 0 Å². The van der Waals surface area contributed by atoms with E-state index in [4.69, 9.17) is 4.42 Å². The van der Waals surface area contributed by atoms with E-state index in [2.05, 4.69) is 9.73 Å². The topological polar surface area (TPSA) is 115 Å². The largest absolute Gasteiger partial charge is 0.465 e. The van der Waals surface area contributed by atoms with Gasteiger partial charge in [0.2, 0.25) is 0 Å². The summed E-state index contributed by atoms with van der Waals surface area (Å²) in [7, 11) is 1.30. The summed E-state index contributed by atoms with van der Waals surface area (Å²) in [6.45, 7) is 2.22. The lowest BCUT2D eigenvalue weighted by atomic mass is 10.2. The molecule has 1 aromatic carbocycles. The van der Waals surface area contributed by atoms with Gasteiger partial charge in [-0.05, 0) is 49.0 Å². The average molecular weight is 401 g/mol. The molecule has 0 saturated carbocycles. The molecule has 2 aromatic rings. The van der Waals surface area contributed by atoms with Crippen molar-refractivity contribution in [2.24, 2.45) is 4.99 Å². The molecule has 0 unspecified atom stereocenters. The number of methoxy groups -OCH3 is 1. The van der Waals surface area contributed by atoms with E-state index < -0.39 is 16.8 Å². The predicted molar refractivity (Wildman–Crippen MR) is 103 cm³/mol. The normalized spacial score (nSPS) is 16.8. The molecule has 0 aliphatic carbocycles. The van der Waals surface area contributed by atoms with Crippen LogP contribution in [0.4, 0.5) is 11.6 Å². The highest BCUT2D eigenvalue weighted by atomic mass is 32.2. The van der Waals surface area contributed by atoms with E-state index in [9.17, 15) is 19.7 Å². The Bertz CT molecular complexity index is 993. The minimum Gasteiger partial charge on any atom is -0.465 e. The fourth-order valence-electron chi connectivity index (χ4n) is 2.42. The molecule has 3 rings (SSSR count). The van der Waals surface area contributed by atoms with Crippen molar-refractivity contribution in [2.75, 3.05) is 13.7 Å². The fourth-order valence-corrected chi connectivity index (χ4v) is 3.46. The van der Waals surface area contributed by atoms with Gasteiger partial charge in [-0.1, -0.05) is 0 Å². The second-order valence-corrected chi connectivity index (χ2v) is 6.54. The minimum atomic E-state index is -0.644. The van der Waals surface area contributed by atoms with Gasteiger partial charge < -0.3 is 9.15 Å². The van der Waals surface area contributed by atoms with Crippen molar-refractivity contribution < 1.29 is 23.7 Å². The van der Waals surface area contributed by atoms with Crippen molar-refractivity contribution in [1.82, 2.24) is 4.90 Å². The van der Waals surface area contributed by atoms with E-state index >= 15 is 0 Å². The van der Waals surface area contributed by atoms with Crippen LogP contribution >= 0.6 is 11.8 Å². The van der Waals surface area contributed by atoms with E-state index in [0.29, 0.717) is 27.9 Å². The van der Waals surface area contributed by atoms with Gasteiger partial charge in [0.05, 0.1) is 29.3 Å². The zero-order valence-corrected chi connectivity index (χ0v) is 15.8. The first-order valence-corrected chi connectivity index (χ1v) is 8.97. The van der Waals surface area contributed by atoms with Gasteiger partial charge in [-0.3, -0.25) is 19.8 Å². The third kappa shape index (κ3) is 3.96. The van der Waals surface area contributed by atoms with Gasteiger partial charge in [-0.25, -0.2) is 9.79 Å². The lowest BCUT2D eigenvalue weighted by Crippen LogP contribution is -2.28. The number of esters is 1. The Morgan fingerprint density at radius 1 is 1.32 bits per heavy atom. The lowest BCUT2D eigenvalue weighted by Gasteiger charge is -2.12. The summed E-state index contributed by atoms with van der Waals surface area (Å²) in [4.78, 5) is 40.5. The molecule has 0 spiro atoms. The maximum atomic E-state index is 12.6. The van der Waals surface area contributed by atoms with Crippen LogP contribution in [0.2, 0.25) is 0 Å². The van der Waals surface area contributed by atoms with Gasteiger partial charge >= 0.3 is 11.9 Å². The first kappa shape index (κ1) is 19.4. The van der Waals surface area contributed by atoms with Gasteiger partial charge in [0.1, 0.15) is 10.7 Å². The number of nitrogens with zero attached hydrogens (tertiary/aromatic N) is 3. The van der Waals surface area contributed by atoms with Crippen molar-refractivity contribution in [2.45, 2.75) is 6.92 Å². The van der Waals surface area contributed by atoms with E-state index in [1.807, 2.05) is 6.92 Å². The van der Waals surface area contributed by atoms with Crippen LogP contribution in [0.5, 0.6) is 0 Å². The number of nitro groups is 1. The zero-order chi connectivity index (χ0) is 20.3. The Kier molecular flexibility index (Phi) is 5.59. The molecule has 1 aliphatic rings. The number of carbonyl (C=O) groups is 2. The van der Waals surface area contributed by atoms with Gasteiger partial charge in [-0.15, -0.1) is 0 Å². The third-order valence-corrected chi connectivity index (χ3v) is 4.79. The predicted octanol–water partition coefficient (Wildman–Crippen LogP) is 3.60. The molecule has 0 bridgehead atoms. The molecule has 1 aromatic heterocycles. The summed E-state index contributed by atoms with van der Waals surface area (Å²) in [6, 6.07) is 9.12. The minimum absolute atomic E-state index is 0.210. The smallest absolute Gasteiger partial charge is 0.433 e. The van der Waals surface area contributed by atoms with Crippen LogP contribution in [0.3, 0.4) is 0 Å². The van der Waals surface area contributed by atoms with Gasteiger partial charge in [0.15, 0.2) is 5.17 Å². The number of ether oxygens (including phenoxy) is 1. The van der Waals surface area contributed by atoms with E-state index in [1.165, 1.54) is 30.2 Å². The fraction of sp³-hybridized carbons (Fsp3) is 0.167. The highest BCUT2D eigenvalue weighted by Crippen LogP contribution is 2.34. The monoisotopic (exact) mass is 401 g/mol. The Hall–Kier alpha value is -3.40. The number of furan rings is 1. The van der Waals surface area contributed by atoms with Crippen LogP contribution in [0.25, 0.3) is 6.08 Å². The number of rotatable bonds is 5. The first-order chi connectivity index (χ1) is 13.4. The Morgan fingerprint density at radius 3 is 2.61 bits per heavy atom. The molecule has 10 heteroatoms. The number of hydrogen-bond acceptors (Lipinski definition) is 8. The van der Waals surface area contributed by atoms with E-state index in [-0.39, 0.29) is 11.7 Å². The molecule has 1 aliphatic heterocycles. The zero-order valence-electron chi connectivity index (χ0n) is 14.9. The molecule has 9 nitrogen and oxygen atoms in total. The first-order valence-electron chi connectivity index (χ1n) is 8.15. The number of amidine groups is 1. The number of likely N-dealkylation sites (N-methyl/N-ethyl adjacent to an activating group) is 1. The van der Waals surface area contributed by atoms with Crippen molar-refractivity contribution in [3.05, 3.63) is 62.7 Å². The van der Waals surface area contributed by atoms with Crippen LogP contribution in [0.15, 0.2) is 50.7 Å². The summed E-state index contributed by atoms with van der Waals surface area (Å²) in [6.07, 6.45) is 1.45. The highest BCUT2D eigenvalue weighted by Gasteiger charge is 2.32. The summed E-state index contributed by atoms with van der Waals surface area (Å²) in [5.41, 5.74) is 0.963. The van der Waals surface area contributed by atoms with Crippen molar-refractivity contribution in [3.8, 4) is 0 Å². The molecule has 28 heavy (non-hydrogen) atoms. The maximum Gasteiger partial charge on any atom is 0.433 e. The van der Waals surface area contributed by atoms with Gasteiger partial charge in [-0.2, -0.15) is 0 Å². The van der Waals surface area contributed by atoms with Crippen LogP contribution in [0.1, 0.15) is 23.0 Å². The molecule has 0 N–H and O–H groups in total. The SMILES string of the molecule is CCN1C(=O)/C(=C\c2ccc([N+](=O)[O-])o2)SC1=Nc1ccc(C(=O)OC)cc1. The quantitative estimate of drug-likeness (QED) is 0.325. The molecular weight excluding hydrogens is 386 g/mol. The Morgan fingerprint density at radius 2 is 2.04 bits per heavy atom. The number of benzene rings is 1. The molecule has 0 atom stereocenters. The van der Waals surface area contributed by atoms with E-state index in [0.717, 1.165) is 11.8 Å². The molecule has 0 radical (unpaired) electrons. The number of thioether (sulfide) groups is 1. The van der Waals surface area contributed by atoms with Gasteiger partial charge in [0.25, 0.3) is 5.91 Å². The number of amides is 1. The van der Waals surface area contributed by atoms with E-state index in [1.54, 1.807) is 24.3 Å². The molecule has 1 amide bonds.